The molecule has 0 aliphatic carbocycles. The van der Waals surface area contributed by atoms with E-state index in [1.807, 2.05) is 0 Å². The quantitative estimate of drug-likeness (QED) is 0.755. The van der Waals surface area contributed by atoms with Crippen LogP contribution < -0.4 is 0 Å². The van der Waals surface area contributed by atoms with Crippen molar-refractivity contribution in [2.45, 2.75) is 4.99 Å². The second kappa shape index (κ2) is 3.35. The number of benzene rings is 1. The Balaban J connectivity index is 2.54. The molecule has 1 unspecified atom stereocenters. The lowest BCUT2D eigenvalue weighted by Crippen LogP contribution is -2.24. The minimum Gasteiger partial charge on any atom is -0.302 e. The topological polar surface area (TPSA) is 86.7 Å². The summed E-state index contributed by atoms with van der Waals surface area (Å²) in [5.41, 5.74) is 0.492. The number of hydrogen-bond acceptors (Lipinski definition) is 5. The lowest BCUT2D eigenvalue weighted by molar-refractivity contribution is 0.506. The molecule has 0 radical (unpaired) electrons. The van der Waals surface area contributed by atoms with E-state index in [0.717, 1.165) is 0 Å². The highest BCUT2D eigenvalue weighted by atomic mass is 32.2. The van der Waals surface area contributed by atoms with Crippen LogP contribution in [0.2, 0.25) is 0 Å². The fourth-order valence-electron chi connectivity index (χ4n) is 1.12. The molecule has 1 aromatic carbocycles. The molecule has 1 heterocycles. The molecular weight excluding hydrogens is 204 g/mol. The van der Waals surface area contributed by atoms with Crippen LogP contribution in [0.5, 0.6) is 0 Å². The van der Waals surface area contributed by atoms with Gasteiger partial charge < -0.3 is 4.55 Å². The highest BCUT2D eigenvalue weighted by Crippen LogP contribution is 2.34. The second-order valence-electron chi connectivity index (χ2n) is 2.60. The summed E-state index contributed by atoms with van der Waals surface area (Å²) in [5, 5.41) is 13.7. The first kappa shape index (κ1) is 9.10. The van der Waals surface area contributed by atoms with Gasteiger partial charge >= 0.3 is 4.99 Å². The SMILES string of the molecule is O=S(O)C1(c2ccccc2)N=NN=N1. The third kappa shape index (κ3) is 1.26. The van der Waals surface area contributed by atoms with E-state index in [4.69, 9.17) is 4.55 Å². The Morgan fingerprint density at radius 3 is 2.21 bits per heavy atom. The monoisotopic (exact) mass is 210 g/mol. The number of hydrogen-bond donors (Lipinski definition) is 1. The summed E-state index contributed by atoms with van der Waals surface area (Å²) in [6.07, 6.45) is 0. The molecule has 0 amide bonds. The van der Waals surface area contributed by atoms with Crippen molar-refractivity contribution in [1.29, 1.82) is 0 Å². The van der Waals surface area contributed by atoms with Crippen LogP contribution in [0.25, 0.3) is 0 Å². The first-order valence-corrected chi connectivity index (χ1v) is 4.87. The molecule has 1 aromatic rings. The van der Waals surface area contributed by atoms with Crippen molar-refractivity contribution in [2.75, 3.05) is 0 Å². The number of rotatable bonds is 2. The summed E-state index contributed by atoms with van der Waals surface area (Å²) in [6.45, 7) is 0. The molecule has 0 bridgehead atoms. The molecule has 1 atom stereocenters. The van der Waals surface area contributed by atoms with Crippen molar-refractivity contribution in [3.05, 3.63) is 35.9 Å². The van der Waals surface area contributed by atoms with E-state index < -0.39 is 16.1 Å². The minimum absolute atomic E-state index is 0.492. The third-order valence-electron chi connectivity index (χ3n) is 1.79. The third-order valence-corrected chi connectivity index (χ3v) is 2.68. The largest absolute Gasteiger partial charge is 0.317 e. The van der Waals surface area contributed by atoms with Crippen molar-refractivity contribution in [3.8, 4) is 0 Å². The zero-order valence-electron chi connectivity index (χ0n) is 6.94. The van der Waals surface area contributed by atoms with Gasteiger partial charge in [0.1, 0.15) is 0 Å². The van der Waals surface area contributed by atoms with Gasteiger partial charge in [-0.15, -0.1) is 10.2 Å². The van der Waals surface area contributed by atoms with Gasteiger partial charge in [0, 0.05) is 5.56 Å². The van der Waals surface area contributed by atoms with E-state index in [1.165, 1.54) is 0 Å². The smallest absolute Gasteiger partial charge is 0.302 e. The predicted molar refractivity (Wildman–Crippen MR) is 48.6 cm³/mol. The number of nitrogens with zero attached hydrogens (tertiary/aromatic N) is 4. The Bertz CT molecular complexity index is 405. The Morgan fingerprint density at radius 2 is 1.71 bits per heavy atom. The first-order chi connectivity index (χ1) is 6.76. The van der Waals surface area contributed by atoms with Gasteiger partial charge in [0.25, 0.3) is 0 Å². The van der Waals surface area contributed by atoms with Crippen LogP contribution in [0.15, 0.2) is 51.0 Å². The van der Waals surface area contributed by atoms with Crippen molar-refractivity contribution in [3.63, 3.8) is 0 Å². The summed E-state index contributed by atoms with van der Waals surface area (Å²) in [5.74, 6) is 0. The van der Waals surface area contributed by atoms with Crippen LogP contribution in [0.4, 0.5) is 0 Å². The fraction of sp³-hybridized carbons (Fsp3) is 0.143. The minimum atomic E-state index is -2.27. The molecule has 0 saturated heterocycles. The second-order valence-corrected chi connectivity index (χ2v) is 3.67. The maximum absolute atomic E-state index is 11.1. The summed E-state index contributed by atoms with van der Waals surface area (Å²) >= 11 is -2.27. The molecule has 1 N–H and O–H groups in total. The Labute approximate surface area is 82.0 Å². The zero-order valence-corrected chi connectivity index (χ0v) is 7.76. The van der Waals surface area contributed by atoms with Crippen molar-refractivity contribution in [2.24, 2.45) is 20.7 Å². The lowest BCUT2D eigenvalue weighted by atomic mass is 10.2. The molecule has 0 aromatic heterocycles. The maximum atomic E-state index is 11.1. The molecule has 0 saturated carbocycles. The molecule has 14 heavy (non-hydrogen) atoms. The molecule has 6 nitrogen and oxygen atoms in total. The molecule has 7 heteroatoms. The van der Waals surface area contributed by atoms with Crippen molar-refractivity contribution >= 4 is 11.1 Å². The fourth-order valence-corrected chi connectivity index (χ4v) is 1.67. The van der Waals surface area contributed by atoms with Crippen LogP contribution in [0.3, 0.4) is 0 Å². The van der Waals surface area contributed by atoms with Gasteiger partial charge in [-0.1, -0.05) is 30.3 Å². The van der Waals surface area contributed by atoms with Crippen LogP contribution in [0.1, 0.15) is 5.56 Å². The maximum Gasteiger partial charge on any atom is 0.317 e. The van der Waals surface area contributed by atoms with Gasteiger partial charge in [-0.3, -0.25) is 0 Å². The van der Waals surface area contributed by atoms with Gasteiger partial charge in [0.05, 0.1) is 0 Å². The average Bonchev–Trinajstić information content (AvgIpc) is 2.69. The van der Waals surface area contributed by atoms with E-state index in [9.17, 15) is 4.21 Å². The predicted octanol–water partition coefficient (Wildman–Crippen LogP) is 1.85. The molecule has 1 aliphatic heterocycles. The van der Waals surface area contributed by atoms with Crippen molar-refractivity contribution in [1.82, 2.24) is 0 Å². The summed E-state index contributed by atoms with van der Waals surface area (Å²) < 4.78 is 20.2. The van der Waals surface area contributed by atoms with E-state index >= 15 is 0 Å². The molecule has 72 valence electrons. The zero-order chi connectivity index (χ0) is 10.0. The van der Waals surface area contributed by atoms with Gasteiger partial charge in [-0.2, -0.15) is 0 Å². The van der Waals surface area contributed by atoms with E-state index in [2.05, 4.69) is 20.7 Å². The van der Waals surface area contributed by atoms with Crippen LogP contribution >= 0.6 is 0 Å². The summed E-state index contributed by atoms with van der Waals surface area (Å²) in [4.78, 5) is -1.57. The standard InChI is InChI=1S/C7H6N4O2S/c12-14(13)7(8-10-11-9-7)6-4-2-1-3-5-6/h1-5H,(H,12,13). The van der Waals surface area contributed by atoms with Crippen LogP contribution in [-0.4, -0.2) is 8.76 Å². The molecular formula is C7H6N4O2S. The molecule has 2 rings (SSSR count). The van der Waals surface area contributed by atoms with E-state index in [-0.39, 0.29) is 0 Å². The van der Waals surface area contributed by atoms with Crippen molar-refractivity contribution < 1.29 is 8.76 Å². The van der Waals surface area contributed by atoms with Gasteiger partial charge in [-0.05, 0) is 10.4 Å². The Hall–Kier alpha value is -1.47. The van der Waals surface area contributed by atoms with Gasteiger partial charge in [0.15, 0.2) is 0 Å². The first-order valence-electron chi connectivity index (χ1n) is 3.76. The Morgan fingerprint density at radius 1 is 1.14 bits per heavy atom. The van der Waals surface area contributed by atoms with Gasteiger partial charge in [0.2, 0.25) is 11.1 Å². The van der Waals surface area contributed by atoms with Crippen LogP contribution in [-0.2, 0) is 16.1 Å². The van der Waals surface area contributed by atoms with Gasteiger partial charge in [-0.25, -0.2) is 4.21 Å². The van der Waals surface area contributed by atoms with E-state index in [0.29, 0.717) is 5.56 Å². The highest BCUT2D eigenvalue weighted by molar-refractivity contribution is 7.80. The average molecular weight is 210 g/mol. The highest BCUT2D eigenvalue weighted by Gasteiger charge is 2.42. The van der Waals surface area contributed by atoms with Crippen LogP contribution in [0, 0.1) is 0 Å². The summed E-state index contributed by atoms with van der Waals surface area (Å²) in [7, 11) is 0. The Kier molecular flexibility index (Phi) is 2.18. The van der Waals surface area contributed by atoms with E-state index in [1.54, 1.807) is 30.3 Å². The molecule has 1 aliphatic rings. The summed E-state index contributed by atoms with van der Waals surface area (Å²) in [6, 6.07) is 8.55. The molecule has 0 fully saturated rings. The molecule has 0 spiro atoms. The lowest BCUT2D eigenvalue weighted by Gasteiger charge is -2.14. The normalized spacial score (nSPS) is 19.8.